The van der Waals surface area contributed by atoms with Gasteiger partial charge < -0.3 is 41.0 Å². The Labute approximate surface area is 764 Å². The number of hydrogen-bond acceptors (Lipinski definition) is 14. The molecule has 0 aromatic heterocycles. The van der Waals surface area contributed by atoms with Gasteiger partial charge in [0.05, 0.1) is 37.4 Å². The van der Waals surface area contributed by atoms with Gasteiger partial charge in [0.25, 0.3) is 23.6 Å². The highest BCUT2D eigenvalue weighted by atomic mass is 19.1. The van der Waals surface area contributed by atoms with Gasteiger partial charge in [-0.15, -0.1) is 0 Å². The maximum atomic E-state index is 13.4. The largest absolute Gasteiger partial charge is 0.466 e. The summed E-state index contributed by atoms with van der Waals surface area (Å²) in [6.45, 7) is 2.40. The number of ketones is 4. The summed E-state index contributed by atoms with van der Waals surface area (Å²) in [6.07, 6.45) is 3.29. The molecule has 0 heterocycles. The lowest BCUT2D eigenvalue weighted by molar-refractivity contribution is -0.143. The number of halogens is 6. The van der Waals surface area contributed by atoms with Crippen LogP contribution in [0.1, 0.15) is 125 Å². The standard InChI is InChI=1S/C28H27F2NO4.C28H28FNO4.C26H25F2NO3.C26H26FNO3/c1-19(32)35-18-22(15-20-5-3-2-4-6-20)17-27(33)26(16-21-7-11-24(29)12-8-21)31-28(34)23-9-13-25(30)14-10-23;1-20(31)34-19-23(16-22-12-14-25(29)15-13-22)18-27(32)26(17-21-8-4-2-5-9-21)30-28(33)24-10-6-3-7-11-24;27-22-10-6-19(7-11-22)15-24(29-26(32)21-8-12-23(28)13-9-21)25(31)16-20(17-30)14-18-4-2-1-3-5-18;27-23-13-11-20(12-14-23)15-21(18-29)17-25(30)24(16-19-7-3-1-4-8-19)28-26(31)22-9-5-2-6-10-22/h2-14,22,26H,15-18H2,1H3,(H,31,34);2-15,23,26H,16-19H2,1H3,(H,30,33);1-13,20,24,30H,14-17H2,(H,29,32);1-14,21,24,29H,15-18H2,(H,28,31)/t22-,26+;23-,26+;20-,24+;21-,24+/m1111/s1. The fourth-order valence-electron chi connectivity index (χ4n) is 14.5. The maximum absolute atomic E-state index is 13.4. The Morgan fingerprint density at radius 2 is 0.409 bits per heavy atom. The van der Waals surface area contributed by atoms with Gasteiger partial charge in [0.1, 0.15) is 34.9 Å². The predicted molar refractivity (Wildman–Crippen MR) is 492 cm³/mol. The molecule has 12 aromatic rings. The van der Waals surface area contributed by atoms with Gasteiger partial charge in [-0.3, -0.25) is 47.9 Å². The van der Waals surface area contributed by atoms with Crippen LogP contribution in [0, 0.1) is 58.6 Å². The van der Waals surface area contributed by atoms with Crippen molar-refractivity contribution in [2.75, 3.05) is 26.4 Å². The third-order valence-corrected chi connectivity index (χ3v) is 21.5. The molecule has 0 aliphatic heterocycles. The number of amides is 4. The van der Waals surface area contributed by atoms with Crippen LogP contribution < -0.4 is 21.3 Å². The summed E-state index contributed by atoms with van der Waals surface area (Å²) in [4.78, 5) is 127. The molecule has 0 radical (unpaired) electrons. The fraction of sp³-hybridized carbons (Fsp3) is 0.241. The van der Waals surface area contributed by atoms with Gasteiger partial charge >= 0.3 is 11.9 Å². The Hall–Kier alpha value is -14.4. The Kier molecular flexibility index (Phi) is 41.6. The van der Waals surface area contributed by atoms with Crippen molar-refractivity contribution in [3.8, 4) is 0 Å². The summed E-state index contributed by atoms with van der Waals surface area (Å²) in [5, 5.41) is 30.8. The molecule has 0 aliphatic rings. The molecule has 12 rings (SSSR count). The molecule has 0 aliphatic carbocycles. The van der Waals surface area contributed by atoms with Gasteiger partial charge in [-0.05, 0) is 229 Å². The summed E-state index contributed by atoms with van der Waals surface area (Å²) in [5.74, 6) is -6.98. The first kappa shape index (κ1) is 101. The zero-order valence-electron chi connectivity index (χ0n) is 73.2. The summed E-state index contributed by atoms with van der Waals surface area (Å²) in [6, 6.07) is 85.8. The number of hydrogen-bond donors (Lipinski definition) is 6. The van der Waals surface area contributed by atoms with E-state index in [-0.39, 0.29) is 146 Å². The van der Waals surface area contributed by atoms with E-state index >= 15 is 0 Å². The molecule has 0 saturated carbocycles. The molecule has 0 bridgehead atoms. The second-order valence-corrected chi connectivity index (χ2v) is 32.0. The molecule has 0 unspecified atom stereocenters. The summed E-state index contributed by atoms with van der Waals surface area (Å²) >= 11 is 0. The summed E-state index contributed by atoms with van der Waals surface area (Å²) in [7, 11) is 0. The molecular weight excluding hydrogens is 1690 g/mol. The number of aliphatic hydroxyl groups is 2. The fourth-order valence-corrected chi connectivity index (χ4v) is 14.5. The van der Waals surface area contributed by atoms with Crippen molar-refractivity contribution < 1.29 is 94.0 Å². The van der Waals surface area contributed by atoms with Crippen molar-refractivity contribution >= 4 is 58.7 Å². The Morgan fingerprint density at radius 3 is 0.629 bits per heavy atom. The number of rotatable bonds is 42. The minimum Gasteiger partial charge on any atom is -0.466 e. The van der Waals surface area contributed by atoms with Gasteiger partial charge in [0, 0.05) is 86.8 Å². The number of esters is 2. The highest BCUT2D eigenvalue weighted by Crippen LogP contribution is 2.24. The average molecular weight is 1800 g/mol. The number of carbonyl (C=O) groups is 10. The van der Waals surface area contributed by atoms with Crippen molar-refractivity contribution in [3.63, 3.8) is 0 Å². The molecule has 12 aromatic carbocycles. The lowest BCUT2D eigenvalue weighted by Crippen LogP contribution is -2.43. The van der Waals surface area contributed by atoms with E-state index in [2.05, 4.69) is 21.3 Å². The smallest absolute Gasteiger partial charge is 0.302 e. The Bertz CT molecular complexity index is 5610. The number of nitrogens with one attached hydrogen (secondary N) is 4. The van der Waals surface area contributed by atoms with Crippen molar-refractivity contribution in [1.82, 2.24) is 21.3 Å². The molecule has 0 fully saturated rings. The maximum Gasteiger partial charge on any atom is 0.302 e. The van der Waals surface area contributed by atoms with E-state index in [4.69, 9.17) is 9.47 Å². The predicted octanol–water partition coefficient (Wildman–Crippen LogP) is 17.3. The van der Waals surface area contributed by atoms with Gasteiger partial charge in [-0.2, -0.15) is 0 Å². The van der Waals surface area contributed by atoms with Crippen LogP contribution in [0.3, 0.4) is 0 Å². The van der Waals surface area contributed by atoms with Crippen LogP contribution >= 0.6 is 0 Å². The number of carbonyl (C=O) groups excluding carboxylic acids is 10. The molecular formula is C108H106F6N4O14. The monoisotopic (exact) mass is 1800 g/mol. The van der Waals surface area contributed by atoms with Crippen molar-refractivity contribution in [2.24, 2.45) is 23.7 Å². The van der Waals surface area contributed by atoms with E-state index < -0.39 is 71.2 Å². The zero-order valence-corrected chi connectivity index (χ0v) is 73.2. The van der Waals surface area contributed by atoms with Crippen LogP contribution in [0.15, 0.2) is 328 Å². The van der Waals surface area contributed by atoms with Crippen LogP contribution in [0.5, 0.6) is 0 Å². The highest BCUT2D eigenvalue weighted by molar-refractivity contribution is 6.01. The number of ether oxygens (including phenoxy) is 2. The van der Waals surface area contributed by atoms with Crippen LogP contribution in [-0.2, 0) is 89.6 Å². The first-order valence-electron chi connectivity index (χ1n) is 43.3. The SMILES string of the molecule is CC(=O)OC[C@@H](CC(=O)[C@H](Cc1ccc(F)cc1)NC(=O)c1ccc(F)cc1)Cc1ccccc1.CC(=O)OC[C@@H](CC(=O)[C@H](Cc1ccccc1)NC(=O)c1ccccc1)Cc1ccc(F)cc1.O=C(N[C@@H](Cc1ccc(F)cc1)C(=O)C[C@H](CO)Cc1ccccc1)c1ccc(F)cc1.O=C(N[C@@H](Cc1ccccc1)C(=O)C[C@H](CO)Cc1ccc(F)cc1)c1ccccc1. The quantitative estimate of drug-likeness (QED) is 0.0153. The second-order valence-electron chi connectivity index (χ2n) is 32.0. The second kappa shape index (κ2) is 54.2. The van der Waals surface area contributed by atoms with Gasteiger partial charge in [0.2, 0.25) is 0 Å². The summed E-state index contributed by atoms with van der Waals surface area (Å²) < 4.78 is 89.9. The van der Waals surface area contributed by atoms with Crippen LogP contribution in [0.2, 0.25) is 0 Å². The lowest BCUT2D eigenvalue weighted by atomic mass is 9.90. The molecule has 0 spiro atoms. The number of aliphatic hydroxyl groups excluding tert-OH is 2. The van der Waals surface area contributed by atoms with E-state index in [1.54, 1.807) is 97.1 Å². The third-order valence-electron chi connectivity index (χ3n) is 21.5. The molecule has 0 saturated heterocycles. The van der Waals surface area contributed by atoms with E-state index in [9.17, 15) is 84.5 Å². The van der Waals surface area contributed by atoms with Crippen LogP contribution in [0.25, 0.3) is 0 Å². The molecule has 6 N–H and O–H groups in total. The summed E-state index contributed by atoms with van der Waals surface area (Å²) in [5.41, 5.74) is 8.28. The first-order chi connectivity index (χ1) is 63.7. The number of benzene rings is 12. The lowest BCUT2D eigenvalue weighted by Gasteiger charge is -2.22. The molecule has 684 valence electrons. The Morgan fingerprint density at radius 1 is 0.235 bits per heavy atom. The first-order valence-corrected chi connectivity index (χ1v) is 43.3. The highest BCUT2D eigenvalue weighted by Gasteiger charge is 2.31. The minimum absolute atomic E-state index is 0.0533. The van der Waals surface area contributed by atoms with Gasteiger partial charge in [0.15, 0.2) is 23.1 Å². The average Bonchev–Trinajstić information content (AvgIpc) is 0.857. The van der Waals surface area contributed by atoms with E-state index in [0.717, 1.165) is 33.4 Å². The van der Waals surface area contributed by atoms with Crippen molar-refractivity contribution in [2.45, 2.75) is 115 Å². The van der Waals surface area contributed by atoms with Gasteiger partial charge in [-0.25, -0.2) is 26.3 Å². The van der Waals surface area contributed by atoms with Crippen molar-refractivity contribution in [1.29, 1.82) is 0 Å². The third kappa shape index (κ3) is 36.6. The van der Waals surface area contributed by atoms with Gasteiger partial charge in [-0.1, -0.05) is 206 Å². The molecule has 4 amide bonds. The van der Waals surface area contributed by atoms with Crippen LogP contribution in [-0.4, -0.2) is 120 Å². The molecule has 24 heteroatoms. The molecule has 18 nitrogen and oxygen atoms in total. The van der Waals surface area contributed by atoms with E-state index in [1.165, 1.54) is 111 Å². The van der Waals surface area contributed by atoms with Crippen molar-refractivity contribution in [3.05, 3.63) is 429 Å². The molecule has 8 atom stereocenters. The van der Waals surface area contributed by atoms with E-state index in [1.807, 2.05) is 133 Å². The Balaban J connectivity index is 0.000000198. The zero-order chi connectivity index (χ0) is 94.5. The number of Topliss-reactive ketones (excluding diaryl/α,β-unsaturated/α-hetero) is 4. The van der Waals surface area contributed by atoms with E-state index in [0.29, 0.717) is 60.8 Å². The molecule has 132 heavy (non-hydrogen) atoms. The minimum atomic E-state index is -0.909. The topological polar surface area (TPSA) is 278 Å². The van der Waals surface area contributed by atoms with Crippen LogP contribution in [0.4, 0.5) is 26.3 Å². The normalized spacial score (nSPS) is 12.6.